The number of para-hydroxylation sites is 1. The zero-order chi connectivity index (χ0) is 12.6. The summed E-state index contributed by atoms with van der Waals surface area (Å²) in [6.07, 6.45) is 8.45. The normalized spacial score (nSPS) is 17.4. The third-order valence-electron chi connectivity index (χ3n) is 3.87. The van der Waals surface area contributed by atoms with Crippen molar-refractivity contribution in [3.05, 3.63) is 29.8 Å². The second kappa shape index (κ2) is 7.42. The SMILES string of the molecule is COCc1ccccc1NCC1CCCCCC1. The van der Waals surface area contributed by atoms with Gasteiger partial charge in [-0.1, -0.05) is 43.9 Å². The number of nitrogens with one attached hydrogen (secondary N) is 1. The highest BCUT2D eigenvalue weighted by Crippen LogP contribution is 2.24. The molecular formula is C16H25NO. The largest absolute Gasteiger partial charge is 0.384 e. The molecule has 0 aromatic heterocycles. The Balaban J connectivity index is 1.88. The molecule has 1 aromatic carbocycles. The van der Waals surface area contributed by atoms with E-state index in [2.05, 4.69) is 29.6 Å². The average Bonchev–Trinajstić information content (AvgIpc) is 2.67. The molecule has 2 heteroatoms. The fraction of sp³-hybridized carbons (Fsp3) is 0.625. The number of methoxy groups -OCH3 is 1. The molecule has 1 aliphatic rings. The lowest BCUT2D eigenvalue weighted by molar-refractivity contribution is 0.185. The van der Waals surface area contributed by atoms with Crippen LogP contribution in [0, 0.1) is 5.92 Å². The third kappa shape index (κ3) is 4.02. The van der Waals surface area contributed by atoms with Crippen molar-refractivity contribution in [2.45, 2.75) is 45.1 Å². The van der Waals surface area contributed by atoms with Crippen LogP contribution in [0.5, 0.6) is 0 Å². The van der Waals surface area contributed by atoms with E-state index in [0.717, 1.165) is 12.5 Å². The maximum Gasteiger partial charge on any atom is 0.0733 e. The topological polar surface area (TPSA) is 21.3 Å². The van der Waals surface area contributed by atoms with Crippen LogP contribution in [0.15, 0.2) is 24.3 Å². The molecule has 0 saturated heterocycles. The molecule has 1 saturated carbocycles. The second-order valence-electron chi connectivity index (χ2n) is 5.33. The molecule has 1 aliphatic carbocycles. The zero-order valence-corrected chi connectivity index (χ0v) is 11.5. The Bertz CT molecular complexity index is 343. The van der Waals surface area contributed by atoms with Gasteiger partial charge in [-0.3, -0.25) is 0 Å². The summed E-state index contributed by atoms with van der Waals surface area (Å²) in [5.41, 5.74) is 2.50. The van der Waals surface area contributed by atoms with Crippen molar-refractivity contribution in [3.8, 4) is 0 Å². The first kappa shape index (κ1) is 13.4. The van der Waals surface area contributed by atoms with Gasteiger partial charge in [-0.2, -0.15) is 0 Å². The molecule has 0 radical (unpaired) electrons. The highest BCUT2D eigenvalue weighted by Gasteiger charge is 2.12. The van der Waals surface area contributed by atoms with Gasteiger partial charge in [-0.05, 0) is 24.8 Å². The minimum Gasteiger partial charge on any atom is -0.384 e. The van der Waals surface area contributed by atoms with Gasteiger partial charge in [0.05, 0.1) is 6.61 Å². The van der Waals surface area contributed by atoms with E-state index in [4.69, 9.17) is 4.74 Å². The van der Waals surface area contributed by atoms with E-state index in [1.54, 1.807) is 7.11 Å². The summed E-state index contributed by atoms with van der Waals surface area (Å²) in [4.78, 5) is 0. The first-order chi connectivity index (χ1) is 8.90. The fourth-order valence-corrected chi connectivity index (χ4v) is 2.80. The number of rotatable bonds is 5. The molecule has 0 spiro atoms. The molecule has 1 aromatic rings. The predicted molar refractivity (Wildman–Crippen MR) is 76.8 cm³/mol. The monoisotopic (exact) mass is 247 g/mol. The van der Waals surface area contributed by atoms with Crippen molar-refractivity contribution in [3.63, 3.8) is 0 Å². The second-order valence-corrected chi connectivity index (χ2v) is 5.33. The summed E-state index contributed by atoms with van der Waals surface area (Å²) in [5, 5.41) is 3.62. The zero-order valence-electron chi connectivity index (χ0n) is 11.5. The summed E-state index contributed by atoms with van der Waals surface area (Å²) >= 11 is 0. The smallest absolute Gasteiger partial charge is 0.0733 e. The van der Waals surface area contributed by atoms with Crippen LogP contribution in [0.1, 0.15) is 44.1 Å². The number of anilines is 1. The molecule has 2 rings (SSSR count). The van der Waals surface area contributed by atoms with E-state index >= 15 is 0 Å². The molecule has 1 N–H and O–H groups in total. The van der Waals surface area contributed by atoms with Crippen LogP contribution < -0.4 is 5.32 Å². The van der Waals surface area contributed by atoms with Gasteiger partial charge in [0.15, 0.2) is 0 Å². The summed E-state index contributed by atoms with van der Waals surface area (Å²) in [6.45, 7) is 1.80. The summed E-state index contributed by atoms with van der Waals surface area (Å²) < 4.78 is 5.24. The van der Waals surface area contributed by atoms with Gasteiger partial charge in [-0.25, -0.2) is 0 Å². The van der Waals surface area contributed by atoms with E-state index < -0.39 is 0 Å². The van der Waals surface area contributed by atoms with Crippen LogP contribution in [0.2, 0.25) is 0 Å². The van der Waals surface area contributed by atoms with Gasteiger partial charge in [-0.15, -0.1) is 0 Å². The Hall–Kier alpha value is -1.02. The lowest BCUT2D eigenvalue weighted by Gasteiger charge is -2.17. The minimum absolute atomic E-state index is 0.688. The molecule has 0 aliphatic heterocycles. The minimum atomic E-state index is 0.688. The van der Waals surface area contributed by atoms with Crippen molar-refractivity contribution in [1.82, 2.24) is 0 Å². The van der Waals surface area contributed by atoms with E-state index in [1.165, 1.54) is 49.8 Å². The van der Waals surface area contributed by atoms with E-state index in [9.17, 15) is 0 Å². The summed E-state index contributed by atoms with van der Waals surface area (Å²) in [7, 11) is 1.75. The van der Waals surface area contributed by atoms with Gasteiger partial charge >= 0.3 is 0 Å². The highest BCUT2D eigenvalue weighted by molar-refractivity contribution is 5.50. The first-order valence-electron chi connectivity index (χ1n) is 7.21. The quantitative estimate of drug-likeness (QED) is 0.787. The van der Waals surface area contributed by atoms with E-state index in [-0.39, 0.29) is 0 Å². The van der Waals surface area contributed by atoms with Gasteiger partial charge in [0.2, 0.25) is 0 Å². The lowest BCUT2D eigenvalue weighted by Crippen LogP contribution is -2.14. The van der Waals surface area contributed by atoms with Crippen LogP contribution in [0.3, 0.4) is 0 Å². The molecule has 1 fully saturated rings. The van der Waals surface area contributed by atoms with Gasteiger partial charge in [0, 0.05) is 24.9 Å². The third-order valence-corrected chi connectivity index (χ3v) is 3.87. The molecule has 0 heterocycles. The average molecular weight is 247 g/mol. The molecule has 2 nitrogen and oxygen atoms in total. The first-order valence-corrected chi connectivity index (χ1v) is 7.21. The molecular weight excluding hydrogens is 222 g/mol. The van der Waals surface area contributed by atoms with Crippen LogP contribution in [-0.2, 0) is 11.3 Å². The molecule has 0 amide bonds. The number of hydrogen-bond acceptors (Lipinski definition) is 2. The van der Waals surface area contributed by atoms with E-state index in [0.29, 0.717) is 6.61 Å². The van der Waals surface area contributed by atoms with Gasteiger partial charge in [0.1, 0.15) is 0 Å². The van der Waals surface area contributed by atoms with Gasteiger partial charge in [0.25, 0.3) is 0 Å². The number of benzene rings is 1. The summed E-state index contributed by atoms with van der Waals surface area (Å²) in [6, 6.07) is 8.46. The van der Waals surface area contributed by atoms with Crippen LogP contribution in [-0.4, -0.2) is 13.7 Å². The molecule has 0 atom stereocenters. The van der Waals surface area contributed by atoms with Crippen LogP contribution in [0.4, 0.5) is 5.69 Å². The Morgan fingerprint density at radius 2 is 1.83 bits per heavy atom. The Morgan fingerprint density at radius 3 is 2.56 bits per heavy atom. The van der Waals surface area contributed by atoms with Crippen molar-refractivity contribution in [2.75, 3.05) is 19.0 Å². The molecule has 18 heavy (non-hydrogen) atoms. The molecule has 100 valence electrons. The van der Waals surface area contributed by atoms with Crippen LogP contribution >= 0.6 is 0 Å². The summed E-state index contributed by atoms with van der Waals surface area (Å²) in [5.74, 6) is 0.850. The molecule has 0 bridgehead atoms. The lowest BCUT2D eigenvalue weighted by atomic mass is 10.0. The van der Waals surface area contributed by atoms with Crippen molar-refractivity contribution >= 4 is 5.69 Å². The van der Waals surface area contributed by atoms with Gasteiger partial charge < -0.3 is 10.1 Å². The fourth-order valence-electron chi connectivity index (χ4n) is 2.80. The maximum atomic E-state index is 5.24. The van der Waals surface area contributed by atoms with Crippen molar-refractivity contribution < 1.29 is 4.74 Å². The van der Waals surface area contributed by atoms with Crippen molar-refractivity contribution in [2.24, 2.45) is 5.92 Å². The standard InChI is InChI=1S/C16H25NO/c1-18-13-15-10-6-7-11-16(15)17-12-14-8-4-2-3-5-9-14/h6-7,10-11,14,17H,2-5,8-9,12-13H2,1H3. The Morgan fingerprint density at radius 1 is 1.11 bits per heavy atom. The Kier molecular flexibility index (Phi) is 5.53. The highest BCUT2D eigenvalue weighted by atomic mass is 16.5. The maximum absolute atomic E-state index is 5.24. The predicted octanol–water partition coefficient (Wildman–Crippen LogP) is 4.22. The Labute approximate surface area is 111 Å². The molecule has 0 unspecified atom stereocenters. The number of ether oxygens (including phenoxy) is 1. The number of hydrogen-bond donors (Lipinski definition) is 1. The van der Waals surface area contributed by atoms with Crippen LogP contribution in [0.25, 0.3) is 0 Å². The van der Waals surface area contributed by atoms with Crippen molar-refractivity contribution in [1.29, 1.82) is 0 Å². The van der Waals surface area contributed by atoms with E-state index in [1.807, 2.05) is 0 Å².